The molecule has 0 radical (unpaired) electrons. The van der Waals surface area contributed by atoms with Crippen LogP contribution in [-0.2, 0) is 0 Å². The first-order valence-electron chi connectivity index (χ1n) is 7.57. The molecule has 4 rings (SSSR count). The normalized spacial score (nSPS) is 16.5. The largest absolute Gasteiger partial charge is 0.353 e. The van der Waals surface area contributed by atoms with Crippen LogP contribution in [0.1, 0.15) is 10.5 Å². The number of benzene rings is 1. The summed E-state index contributed by atoms with van der Waals surface area (Å²) < 4.78 is 0. The van der Waals surface area contributed by atoms with E-state index in [1.807, 2.05) is 29.2 Å². The summed E-state index contributed by atoms with van der Waals surface area (Å²) in [5.74, 6) is 0.0280. The van der Waals surface area contributed by atoms with Crippen molar-refractivity contribution in [2.75, 3.05) is 33.2 Å². The second-order valence-electron chi connectivity index (χ2n) is 5.88. The van der Waals surface area contributed by atoms with Crippen molar-refractivity contribution in [2.24, 2.45) is 0 Å². The summed E-state index contributed by atoms with van der Waals surface area (Å²) in [4.78, 5) is 24.5. The molecule has 0 bridgehead atoms. The molecule has 1 aliphatic heterocycles. The number of hydrogen-bond donors (Lipinski definition) is 1. The average Bonchev–Trinajstić information content (AvgIpc) is 2.92. The van der Waals surface area contributed by atoms with Crippen molar-refractivity contribution in [3.8, 4) is 0 Å². The Balaban J connectivity index is 1.72. The number of nitrogens with zero attached hydrogens (tertiary/aromatic N) is 3. The van der Waals surface area contributed by atoms with Gasteiger partial charge in [0, 0.05) is 42.5 Å². The molecule has 22 heavy (non-hydrogen) atoms. The van der Waals surface area contributed by atoms with E-state index >= 15 is 0 Å². The van der Waals surface area contributed by atoms with E-state index in [-0.39, 0.29) is 5.91 Å². The molecule has 0 spiro atoms. The summed E-state index contributed by atoms with van der Waals surface area (Å²) in [7, 11) is 2.08. The van der Waals surface area contributed by atoms with Crippen LogP contribution in [-0.4, -0.2) is 58.9 Å². The molecule has 1 N–H and O–H groups in total. The maximum Gasteiger partial charge on any atom is 0.272 e. The van der Waals surface area contributed by atoms with Crippen molar-refractivity contribution in [3.63, 3.8) is 0 Å². The minimum atomic E-state index is 0.0280. The Morgan fingerprint density at radius 2 is 1.86 bits per heavy atom. The highest BCUT2D eigenvalue weighted by molar-refractivity contribution is 6.09. The van der Waals surface area contributed by atoms with Gasteiger partial charge in [-0.25, -0.2) is 4.98 Å². The lowest BCUT2D eigenvalue weighted by Crippen LogP contribution is -2.47. The molecule has 1 fully saturated rings. The summed E-state index contributed by atoms with van der Waals surface area (Å²) in [6.45, 7) is 3.37. The Morgan fingerprint density at radius 3 is 2.68 bits per heavy atom. The van der Waals surface area contributed by atoms with Crippen LogP contribution < -0.4 is 0 Å². The molecular formula is C17H18N4O. The predicted octanol–water partition coefficient (Wildman–Crippen LogP) is 2.10. The summed E-state index contributed by atoms with van der Waals surface area (Å²) in [5, 5.41) is 2.19. The van der Waals surface area contributed by atoms with Gasteiger partial charge < -0.3 is 14.8 Å². The molecule has 1 amide bonds. The van der Waals surface area contributed by atoms with Crippen molar-refractivity contribution in [1.82, 2.24) is 19.8 Å². The van der Waals surface area contributed by atoms with Gasteiger partial charge in [0.15, 0.2) is 0 Å². The number of hydrogen-bond acceptors (Lipinski definition) is 3. The van der Waals surface area contributed by atoms with Gasteiger partial charge in [-0.15, -0.1) is 0 Å². The maximum atomic E-state index is 12.6. The molecule has 3 aromatic rings. The molecule has 3 heterocycles. The van der Waals surface area contributed by atoms with Crippen LogP contribution in [0.25, 0.3) is 21.8 Å². The van der Waals surface area contributed by atoms with Crippen LogP contribution in [0.5, 0.6) is 0 Å². The van der Waals surface area contributed by atoms with Crippen molar-refractivity contribution in [2.45, 2.75) is 0 Å². The lowest BCUT2D eigenvalue weighted by molar-refractivity contribution is 0.0658. The van der Waals surface area contributed by atoms with Crippen molar-refractivity contribution < 1.29 is 4.79 Å². The number of aromatic amines is 1. The number of fused-ring (bicyclic) bond motifs is 3. The van der Waals surface area contributed by atoms with Crippen LogP contribution in [0.3, 0.4) is 0 Å². The highest BCUT2D eigenvalue weighted by Crippen LogP contribution is 2.25. The van der Waals surface area contributed by atoms with Crippen LogP contribution >= 0.6 is 0 Å². The monoisotopic (exact) mass is 294 g/mol. The van der Waals surface area contributed by atoms with E-state index in [9.17, 15) is 4.79 Å². The predicted molar refractivity (Wildman–Crippen MR) is 87.0 cm³/mol. The van der Waals surface area contributed by atoms with Gasteiger partial charge >= 0.3 is 0 Å². The molecule has 112 valence electrons. The highest BCUT2D eigenvalue weighted by atomic mass is 16.2. The Morgan fingerprint density at radius 1 is 1.09 bits per heavy atom. The van der Waals surface area contributed by atoms with Crippen LogP contribution in [0.4, 0.5) is 0 Å². The van der Waals surface area contributed by atoms with E-state index in [0.29, 0.717) is 5.69 Å². The van der Waals surface area contributed by atoms with Gasteiger partial charge in [-0.05, 0) is 19.2 Å². The molecule has 0 unspecified atom stereocenters. The quantitative estimate of drug-likeness (QED) is 0.748. The summed E-state index contributed by atoms with van der Waals surface area (Å²) in [6, 6.07) is 10.0. The van der Waals surface area contributed by atoms with Gasteiger partial charge in [0.05, 0.1) is 11.7 Å². The number of rotatable bonds is 1. The van der Waals surface area contributed by atoms with E-state index in [1.165, 1.54) is 0 Å². The molecular weight excluding hydrogens is 276 g/mol. The number of pyridine rings is 1. The van der Waals surface area contributed by atoms with E-state index in [4.69, 9.17) is 0 Å². The molecule has 1 aliphatic rings. The Labute approximate surface area is 128 Å². The van der Waals surface area contributed by atoms with E-state index in [1.54, 1.807) is 6.20 Å². The van der Waals surface area contributed by atoms with Crippen LogP contribution in [0.15, 0.2) is 36.5 Å². The number of likely N-dealkylation sites (N-methyl/N-ethyl adjacent to an activating group) is 1. The fourth-order valence-corrected chi connectivity index (χ4v) is 3.04. The second kappa shape index (κ2) is 5.10. The standard InChI is InChI=1S/C17H18N4O/c1-20-6-8-21(9-7-20)17(22)15-10-13-12-4-2-3-5-14(12)19-16(13)11-18-15/h2-5,10-11,19H,6-9H2,1H3. The molecule has 5 heteroatoms. The van der Waals surface area contributed by atoms with Crippen molar-refractivity contribution in [1.29, 1.82) is 0 Å². The molecule has 2 aromatic heterocycles. The Kier molecular flexibility index (Phi) is 3.08. The average molecular weight is 294 g/mol. The SMILES string of the molecule is CN1CCN(C(=O)c2cc3c(cn2)[nH]c2ccccc23)CC1. The van der Waals surface area contributed by atoms with Gasteiger partial charge in [0.1, 0.15) is 5.69 Å². The first kappa shape index (κ1) is 13.3. The van der Waals surface area contributed by atoms with Gasteiger partial charge in [0.2, 0.25) is 0 Å². The zero-order valence-electron chi connectivity index (χ0n) is 12.5. The number of nitrogens with one attached hydrogen (secondary N) is 1. The first-order valence-corrected chi connectivity index (χ1v) is 7.57. The van der Waals surface area contributed by atoms with Crippen molar-refractivity contribution in [3.05, 3.63) is 42.2 Å². The lowest BCUT2D eigenvalue weighted by Gasteiger charge is -2.32. The number of para-hydroxylation sites is 1. The van der Waals surface area contributed by atoms with E-state index in [2.05, 4.69) is 28.0 Å². The number of H-pyrrole nitrogens is 1. The fourth-order valence-electron chi connectivity index (χ4n) is 3.04. The summed E-state index contributed by atoms with van der Waals surface area (Å²) in [6.07, 6.45) is 1.76. The zero-order chi connectivity index (χ0) is 15.1. The minimum absolute atomic E-state index is 0.0280. The van der Waals surface area contributed by atoms with E-state index < -0.39 is 0 Å². The zero-order valence-corrected chi connectivity index (χ0v) is 12.5. The molecule has 0 aliphatic carbocycles. The molecule has 0 saturated carbocycles. The fraction of sp³-hybridized carbons (Fsp3) is 0.294. The molecule has 0 atom stereocenters. The number of carbonyl (C=O) groups is 1. The smallest absolute Gasteiger partial charge is 0.272 e. The third-order valence-electron chi connectivity index (χ3n) is 4.40. The van der Waals surface area contributed by atoms with Gasteiger partial charge in [-0.2, -0.15) is 0 Å². The topological polar surface area (TPSA) is 52.2 Å². The van der Waals surface area contributed by atoms with Crippen molar-refractivity contribution >= 4 is 27.7 Å². The number of piperazine rings is 1. The third-order valence-corrected chi connectivity index (χ3v) is 4.40. The van der Waals surface area contributed by atoms with Crippen LogP contribution in [0.2, 0.25) is 0 Å². The molecule has 1 saturated heterocycles. The maximum absolute atomic E-state index is 12.6. The number of carbonyl (C=O) groups excluding carboxylic acids is 1. The lowest BCUT2D eigenvalue weighted by atomic mass is 10.1. The molecule has 5 nitrogen and oxygen atoms in total. The third kappa shape index (κ3) is 2.14. The summed E-state index contributed by atoms with van der Waals surface area (Å²) >= 11 is 0. The second-order valence-corrected chi connectivity index (χ2v) is 5.88. The highest BCUT2D eigenvalue weighted by Gasteiger charge is 2.21. The Hall–Kier alpha value is -2.40. The number of amides is 1. The summed E-state index contributed by atoms with van der Waals surface area (Å²) in [5.41, 5.74) is 2.57. The minimum Gasteiger partial charge on any atom is -0.353 e. The number of aromatic nitrogens is 2. The van der Waals surface area contributed by atoms with Gasteiger partial charge in [-0.1, -0.05) is 18.2 Å². The first-order chi connectivity index (χ1) is 10.7. The van der Waals surface area contributed by atoms with Crippen LogP contribution in [0, 0.1) is 0 Å². The van der Waals surface area contributed by atoms with Gasteiger partial charge in [-0.3, -0.25) is 4.79 Å². The molecule has 1 aromatic carbocycles. The Bertz CT molecular complexity index is 846. The van der Waals surface area contributed by atoms with E-state index in [0.717, 1.165) is 48.0 Å². The van der Waals surface area contributed by atoms with Gasteiger partial charge in [0.25, 0.3) is 5.91 Å².